The van der Waals surface area contributed by atoms with E-state index >= 15 is 0 Å². The third-order valence-corrected chi connectivity index (χ3v) is 3.02. The van der Waals surface area contributed by atoms with Crippen LogP contribution in [0.4, 0.5) is 8.78 Å². The second-order valence-corrected chi connectivity index (χ2v) is 5.17. The molecule has 0 bridgehead atoms. The molecule has 0 heterocycles. The highest BCUT2D eigenvalue weighted by Gasteiger charge is 2.15. The quantitative estimate of drug-likeness (QED) is 0.797. The highest BCUT2D eigenvalue weighted by atomic mass is 19.2. The van der Waals surface area contributed by atoms with Crippen molar-refractivity contribution in [1.82, 2.24) is 0 Å². The Balaban J connectivity index is 2.25. The molecular formula is C17H18F2O2. The molecule has 2 aromatic carbocycles. The predicted octanol–water partition coefficient (Wildman–Crippen LogP) is 4.68. The Hall–Kier alpha value is -2.10. The van der Waals surface area contributed by atoms with Crippen LogP contribution >= 0.6 is 0 Å². The summed E-state index contributed by atoms with van der Waals surface area (Å²) in [6.45, 7) is 4.73. The fourth-order valence-electron chi connectivity index (χ4n) is 1.91. The van der Waals surface area contributed by atoms with Crippen molar-refractivity contribution in [3.05, 3.63) is 48.0 Å². The van der Waals surface area contributed by atoms with Gasteiger partial charge in [-0.3, -0.25) is 0 Å². The van der Waals surface area contributed by atoms with Gasteiger partial charge in [-0.1, -0.05) is 26.0 Å². The highest BCUT2D eigenvalue weighted by molar-refractivity contribution is 5.66. The highest BCUT2D eigenvalue weighted by Crippen LogP contribution is 2.30. The molecule has 0 unspecified atom stereocenters. The van der Waals surface area contributed by atoms with Gasteiger partial charge in [-0.2, -0.15) is 4.39 Å². The van der Waals surface area contributed by atoms with E-state index < -0.39 is 11.6 Å². The van der Waals surface area contributed by atoms with Crippen LogP contribution in [0.25, 0.3) is 11.1 Å². The monoisotopic (exact) mass is 292 g/mol. The van der Waals surface area contributed by atoms with Gasteiger partial charge in [-0.05, 0) is 35.7 Å². The Morgan fingerprint density at radius 1 is 0.952 bits per heavy atom. The van der Waals surface area contributed by atoms with Gasteiger partial charge in [0.15, 0.2) is 11.6 Å². The Morgan fingerprint density at radius 3 is 2.19 bits per heavy atom. The number of hydrogen-bond acceptors (Lipinski definition) is 2. The van der Waals surface area contributed by atoms with Crippen LogP contribution in [-0.4, -0.2) is 13.7 Å². The number of halogens is 2. The van der Waals surface area contributed by atoms with E-state index in [4.69, 9.17) is 9.47 Å². The van der Waals surface area contributed by atoms with Crippen LogP contribution in [0.3, 0.4) is 0 Å². The summed E-state index contributed by atoms with van der Waals surface area (Å²) in [6, 6.07) is 9.83. The summed E-state index contributed by atoms with van der Waals surface area (Å²) in [5, 5.41) is 0. The van der Waals surface area contributed by atoms with Crippen molar-refractivity contribution in [3.63, 3.8) is 0 Å². The summed E-state index contributed by atoms with van der Waals surface area (Å²) in [5.41, 5.74) is 0.787. The lowest BCUT2D eigenvalue weighted by Gasteiger charge is -2.10. The Morgan fingerprint density at radius 2 is 1.62 bits per heavy atom. The van der Waals surface area contributed by atoms with Crippen LogP contribution < -0.4 is 9.47 Å². The Bertz CT molecular complexity index is 607. The van der Waals surface area contributed by atoms with Crippen molar-refractivity contribution in [2.75, 3.05) is 13.7 Å². The summed E-state index contributed by atoms with van der Waals surface area (Å²) in [4.78, 5) is 0. The van der Waals surface area contributed by atoms with Crippen molar-refractivity contribution in [2.45, 2.75) is 13.8 Å². The second kappa shape index (κ2) is 6.57. The molecule has 2 nitrogen and oxygen atoms in total. The van der Waals surface area contributed by atoms with Crippen LogP contribution in [0, 0.1) is 17.6 Å². The molecule has 0 amide bonds. The molecule has 0 aliphatic carbocycles. The van der Waals surface area contributed by atoms with E-state index in [2.05, 4.69) is 13.8 Å². The first-order valence-corrected chi connectivity index (χ1v) is 6.78. The molecular weight excluding hydrogens is 274 g/mol. The van der Waals surface area contributed by atoms with Crippen molar-refractivity contribution in [1.29, 1.82) is 0 Å². The third-order valence-electron chi connectivity index (χ3n) is 3.02. The SMILES string of the molecule is COc1ccc(-c2ccc(OCC(C)C)cc2)c(F)c1F. The van der Waals surface area contributed by atoms with Gasteiger partial charge in [0.25, 0.3) is 0 Å². The van der Waals surface area contributed by atoms with E-state index in [1.54, 1.807) is 24.3 Å². The average Bonchev–Trinajstić information content (AvgIpc) is 2.48. The normalized spacial score (nSPS) is 10.8. The summed E-state index contributed by atoms with van der Waals surface area (Å²) in [5.74, 6) is -0.854. The maximum absolute atomic E-state index is 14.0. The summed E-state index contributed by atoms with van der Waals surface area (Å²) >= 11 is 0. The van der Waals surface area contributed by atoms with Gasteiger partial charge in [0, 0.05) is 5.56 Å². The van der Waals surface area contributed by atoms with Crippen LogP contribution in [0.2, 0.25) is 0 Å². The molecule has 0 atom stereocenters. The first kappa shape index (κ1) is 15.3. The number of benzene rings is 2. The zero-order valence-corrected chi connectivity index (χ0v) is 12.3. The molecule has 21 heavy (non-hydrogen) atoms. The molecule has 112 valence electrons. The minimum atomic E-state index is -0.977. The first-order chi connectivity index (χ1) is 10.0. The van der Waals surface area contributed by atoms with E-state index in [-0.39, 0.29) is 11.3 Å². The number of ether oxygens (including phenoxy) is 2. The molecule has 4 heteroatoms. The zero-order chi connectivity index (χ0) is 15.4. The number of rotatable bonds is 5. The van der Waals surface area contributed by atoms with Gasteiger partial charge < -0.3 is 9.47 Å². The van der Waals surface area contributed by atoms with Gasteiger partial charge in [-0.25, -0.2) is 4.39 Å². The summed E-state index contributed by atoms with van der Waals surface area (Å²) in [6.07, 6.45) is 0. The molecule has 0 aliphatic heterocycles. The van der Waals surface area contributed by atoms with Gasteiger partial charge in [-0.15, -0.1) is 0 Å². The molecule has 0 aliphatic rings. The van der Waals surface area contributed by atoms with E-state index in [0.717, 1.165) is 0 Å². The van der Waals surface area contributed by atoms with Gasteiger partial charge >= 0.3 is 0 Å². The molecule has 0 N–H and O–H groups in total. The van der Waals surface area contributed by atoms with E-state index in [0.29, 0.717) is 23.8 Å². The van der Waals surface area contributed by atoms with Crippen LogP contribution in [0.15, 0.2) is 36.4 Å². The topological polar surface area (TPSA) is 18.5 Å². The minimum Gasteiger partial charge on any atom is -0.494 e. The molecule has 2 aromatic rings. The van der Waals surface area contributed by atoms with Crippen molar-refractivity contribution >= 4 is 0 Å². The summed E-state index contributed by atoms with van der Waals surface area (Å²) < 4.78 is 38.0. The number of methoxy groups -OCH3 is 1. The smallest absolute Gasteiger partial charge is 0.201 e. The van der Waals surface area contributed by atoms with E-state index in [1.807, 2.05) is 0 Å². The summed E-state index contributed by atoms with van der Waals surface area (Å²) in [7, 11) is 1.30. The zero-order valence-electron chi connectivity index (χ0n) is 12.3. The third kappa shape index (κ3) is 3.51. The van der Waals surface area contributed by atoms with Crippen molar-refractivity contribution in [2.24, 2.45) is 5.92 Å². The average molecular weight is 292 g/mol. The maximum atomic E-state index is 14.0. The number of hydrogen-bond donors (Lipinski definition) is 0. The largest absolute Gasteiger partial charge is 0.494 e. The Kier molecular flexibility index (Phi) is 4.78. The van der Waals surface area contributed by atoms with Gasteiger partial charge in [0.2, 0.25) is 5.82 Å². The molecule has 0 spiro atoms. The van der Waals surface area contributed by atoms with Gasteiger partial charge in [0.1, 0.15) is 5.75 Å². The first-order valence-electron chi connectivity index (χ1n) is 6.78. The lowest BCUT2D eigenvalue weighted by molar-refractivity contribution is 0.271. The van der Waals surface area contributed by atoms with Gasteiger partial charge in [0.05, 0.1) is 13.7 Å². The van der Waals surface area contributed by atoms with E-state index in [1.165, 1.54) is 19.2 Å². The van der Waals surface area contributed by atoms with Crippen LogP contribution in [-0.2, 0) is 0 Å². The van der Waals surface area contributed by atoms with Crippen LogP contribution in [0.5, 0.6) is 11.5 Å². The molecule has 2 rings (SSSR count). The van der Waals surface area contributed by atoms with Crippen molar-refractivity contribution < 1.29 is 18.3 Å². The standard InChI is InChI=1S/C17H18F2O2/c1-11(2)10-21-13-6-4-12(5-7-13)14-8-9-15(20-3)17(19)16(14)18/h4-9,11H,10H2,1-3H3. The molecule has 0 radical (unpaired) electrons. The fourth-order valence-corrected chi connectivity index (χ4v) is 1.91. The van der Waals surface area contributed by atoms with Crippen molar-refractivity contribution in [3.8, 4) is 22.6 Å². The maximum Gasteiger partial charge on any atom is 0.201 e. The lowest BCUT2D eigenvalue weighted by Crippen LogP contribution is -2.04. The predicted molar refractivity (Wildman–Crippen MR) is 78.7 cm³/mol. The second-order valence-electron chi connectivity index (χ2n) is 5.17. The molecule has 0 fully saturated rings. The molecule has 0 saturated heterocycles. The fraction of sp³-hybridized carbons (Fsp3) is 0.294. The Labute approximate surface area is 123 Å². The minimum absolute atomic E-state index is 0.104. The molecule has 0 aromatic heterocycles. The van der Waals surface area contributed by atoms with E-state index in [9.17, 15) is 8.78 Å². The van der Waals surface area contributed by atoms with Crippen LogP contribution in [0.1, 0.15) is 13.8 Å². The lowest BCUT2D eigenvalue weighted by atomic mass is 10.0. The molecule has 0 saturated carbocycles.